The number of nitrogen functional groups attached to an aromatic ring is 1. The minimum Gasteiger partial charge on any atom is -0.399 e. The lowest BCUT2D eigenvalue weighted by molar-refractivity contribution is 0.185. The van der Waals surface area contributed by atoms with Crippen LogP contribution in [0.2, 0.25) is 0 Å². The molecule has 0 aliphatic carbocycles. The van der Waals surface area contributed by atoms with Crippen LogP contribution >= 0.6 is 7.60 Å². The first kappa shape index (κ1) is 20.8. The third-order valence-corrected chi connectivity index (χ3v) is 5.17. The monoisotopic (exact) mass is 393 g/mol. The zero-order valence-electron chi connectivity index (χ0n) is 15.5. The molecule has 1 aromatic carbocycles. The average molecular weight is 393 g/mol. The van der Waals surface area contributed by atoms with E-state index in [2.05, 4.69) is 25.3 Å². The van der Waals surface area contributed by atoms with E-state index in [9.17, 15) is 9.46 Å². The van der Waals surface area contributed by atoms with Gasteiger partial charge < -0.3 is 25.3 Å². The van der Waals surface area contributed by atoms with Crippen LogP contribution in [0.3, 0.4) is 0 Å². The number of hydrogen-bond donors (Lipinski definition) is 3. The fourth-order valence-corrected chi connectivity index (χ4v) is 3.65. The maximum absolute atomic E-state index is 12.2. The highest BCUT2D eigenvalue weighted by Gasteiger charge is 2.22. The maximum Gasteiger partial charge on any atom is 0.332 e. The summed E-state index contributed by atoms with van der Waals surface area (Å²) in [5.41, 5.74) is 7.76. The van der Waals surface area contributed by atoms with Gasteiger partial charge in [-0.1, -0.05) is 24.2 Å². The van der Waals surface area contributed by atoms with Gasteiger partial charge in [0, 0.05) is 5.69 Å². The molecule has 0 saturated carbocycles. The molecule has 2 aromatic rings. The van der Waals surface area contributed by atoms with Crippen LogP contribution in [0, 0.1) is 0 Å². The van der Waals surface area contributed by atoms with Crippen molar-refractivity contribution in [3.8, 4) is 0 Å². The van der Waals surface area contributed by atoms with Gasteiger partial charge in [0.25, 0.3) is 0 Å². The zero-order chi connectivity index (χ0) is 19.9. The van der Waals surface area contributed by atoms with Gasteiger partial charge in [0.2, 0.25) is 0 Å². The van der Waals surface area contributed by atoms with Crippen LogP contribution < -0.4 is 11.1 Å². The Bertz CT molecular complexity index is 829. The second-order valence-corrected chi connectivity index (χ2v) is 7.68. The molecule has 0 spiro atoms. The molecule has 1 heterocycles. The van der Waals surface area contributed by atoms with Crippen molar-refractivity contribution in [3.05, 3.63) is 41.7 Å². The summed E-state index contributed by atoms with van der Waals surface area (Å²) < 4.78 is 17.4. The molecule has 0 saturated heterocycles. The topological polar surface area (TPSA) is 132 Å². The number of anilines is 3. The van der Waals surface area contributed by atoms with Crippen molar-refractivity contribution in [1.29, 1.82) is 0 Å². The van der Waals surface area contributed by atoms with Gasteiger partial charge in [0.05, 0.1) is 24.0 Å². The van der Waals surface area contributed by atoms with E-state index in [4.69, 9.17) is 10.3 Å². The third-order valence-electron chi connectivity index (χ3n) is 3.72. The summed E-state index contributed by atoms with van der Waals surface area (Å²) in [5.74, 6) is 0.720. The molecule has 10 heteroatoms. The van der Waals surface area contributed by atoms with Crippen molar-refractivity contribution >= 4 is 31.1 Å². The summed E-state index contributed by atoms with van der Waals surface area (Å²) in [5, 5.41) is 6.81. The summed E-state index contributed by atoms with van der Waals surface area (Å²) in [4.78, 5) is 22.7. The van der Waals surface area contributed by atoms with E-state index in [1.54, 1.807) is 31.2 Å². The Morgan fingerprint density at radius 1 is 1.37 bits per heavy atom. The van der Waals surface area contributed by atoms with Gasteiger partial charge in [-0.25, -0.2) is 9.97 Å². The number of aromatic nitrogens is 2. The molecule has 0 amide bonds. The first-order chi connectivity index (χ1) is 12.8. The first-order valence-electron chi connectivity index (χ1n) is 8.37. The standard InChI is InChI=1S/C17H24N5O4P/c1-4-12(2)26-27(23,24)10-13-5-7-14(8-6-13)22-17-15(9-21-25-3)16(18)19-11-20-17/h5-9,11-12H,4,10H2,1-3H3,(H,23,24)(H3,18,19,20,22). The van der Waals surface area contributed by atoms with Crippen LogP contribution in [-0.2, 0) is 20.1 Å². The van der Waals surface area contributed by atoms with Crippen molar-refractivity contribution in [3.63, 3.8) is 0 Å². The van der Waals surface area contributed by atoms with E-state index in [0.29, 0.717) is 23.4 Å². The van der Waals surface area contributed by atoms with E-state index in [0.717, 1.165) is 5.69 Å². The number of rotatable bonds is 9. The molecule has 146 valence electrons. The Labute approximate surface area is 158 Å². The van der Waals surface area contributed by atoms with Crippen molar-refractivity contribution in [2.24, 2.45) is 5.16 Å². The minimum absolute atomic E-state index is 0.0518. The summed E-state index contributed by atoms with van der Waals surface area (Å²) in [6, 6.07) is 7.04. The lowest BCUT2D eigenvalue weighted by atomic mass is 10.2. The van der Waals surface area contributed by atoms with Crippen molar-refractivity contribution in [1.82, 2.24) is 9.97 Å². The molecule has 0 fully saturated rings. The van der Waals surface area contributed by atoms with Crippen LogP contribution in [0.1, 0.15) is 31.4 Å². The second kappa shape index (κ2) is 9.45. The largest absolute Gasteiger partial charge is 0.399 e. The molecule has 9 nitrogen and oxygen atoms in total. The highest BCUT2D eigenvalue weighted by Crippen LogP contribution is 2.47. The van der Waals surface area contributed by atoms with Gasteiger partial charge in [0.1, 0.15) is 25.1 Å². The van der Waals surface area contributed by atoms with Gasteiger partial charge >= 0.3 is 7.60 Å². The van der Waals surface area contributed by atoms with E-state index in [1.807, 2.05) is 6.92 Å². The van der Waals surface area contributed by atoms with Crippen molar-refractivity contribution < 1.29 is 18.8 Å². The van der Waals surface area contributed by atoms with Crippen LogP contribution in [-0.4, -0.2) is 34.3 Å². The third kappa shape index (κ3) is 6.32. The molecular weight excluding hydrogens is 369 g/mol. The van der Waals surface area contributed by atoms with Crippen LogP contribution in [0.4, 0.5) is 17.3 Å². The highest BCUT2D eigenvalue weighted by atomic mass is 31.2. The summed E-state index contributed by atoms with van der Waals surface area (Å²) in [6.07, 6.45) is 3.11. The van der Waals surface area contributed by atoms with Crippen molar-refractivity contribution in [2.75, 3.05) is 18.2 Å². The Morgan fingerprint density at radius 2 is 2.07 bits per heavy atom. The number of nitrogens with zero attached hydrogens (tertiary/aromatic N) is 3. The fraction of sp³-hybridized carbons (Fsp3) is 0.353. The number of oxime groups is 1. The Kier molecular flexibility index (Phi) is 7.29. The minimum atomic E-state index is -3.68. The smallest absolute Gasteiger partial charge is 0.332 e. The molecule has 2 atom stereocenters. The van der Waals surface area contributed by atoms with E-state index >= 15 is 0 Å². The van der Waals surface area contributed by atoms with Gasteiger partial charge in [0.15, 0.2) is 0 Å². The van der Waals surface area contributed by atoms with Gasteiger partial charge in [-0.15, -0.1) is 0 Å². The molecule has 0 bridgehead atoms. The quantitative estimate of drug-likeness (QED) is 0.336. The number of hydrogen-bond acceptors (Lipinski definition) is 8. The Morgan fingerprint density at radius 3 is 2.70 bits per heavy atom. The normalized spacial score (nSPS) is 14.7. The van der Waals surface area contributed by atoms with Gasteiger partial charge in [-0.3, -0.25) is 4.57 Å². The molecule has 0 aliphatic rings. The van der Waals surface area contributed by atoms with E-state index in [1.165, 1.54) is 19.7 Å². The molecule has 4 N–H and O–H groups in total. The highest BCUT2D eigenvalue weighted by molar-refractivity contribution is 7.51. The van der Waals surface area contributed by atoms with Gasteiger partial charge in [-0.05, 0) is 31.0 Å². The number of benzene rings is 1. The first-order valence-corrected chi connectivity index (χ1v) is 10.1. The van der Waals surface area contributed by atoms with Crippen LogP contribution in [0.5, 0.6) is 0 Å². The molecule has 2 rings (SSSR count). The predicted molar refractivity (Wildman–Crippen MR) is 105 cm³/mol. The van der Waals surface area contributed by atoms with Crippen molar-refractivity contribution in [2.45, 2.75) is 32.5 Å². The number of nitrogens with one attached hydrogen (secondary N) is 1. The van der Waals surface area contributed by atoms with Crippen LogP contribution in [0.25, 0.3) is 0 Å². The Balaban J connectivity index is 2.12. The Hall–Kier alpha value is -2.48. The van der Waals surface area contributed by atoms with E-state index < -0.39 is 7.60 Å². The average Bonchev–Trinajstić information content (AvgIpc) is 2.62. The molecule has 2 unspecified atom stereocenters. The molecule has 27 heavy (non-hydrogen) atoms. The molecule has 0 radical (unpaired) electrons. The molecular formula is C17H24N5O4P. The predicted octanol–water partition coefficient (Wildman–Crippen LogP) is 3.28. The molecule has 1 aromatic heterocycles. The second-order valence-electron chi connectivity index (χ2n) is 5.88. The maximum atomic E-state index is 12.2. The SMILES string of the molecule is CCC(C)OP(=O)(O)Cc1ccc(Nc2ncnc(N)c2C=NOC)cc1. The van der Waals surface area contributed by atoms with E-state index in [-0.39, 0.29) is 18.1 Å². The summed E-state index contributed by atoms with van der Waals surface area (Å²) in [6.45, 7) is 3.67. The summed E-state index contributed by atoms with van der Waals surface area (Å²) >= 11 is 0. The fourth-order valence-electron chi connectivity index (χ4n) is 2.20. The summed E-state index contributed by atoms with van der Waals surface area (Å²) in [7, 11) is -2.26. The lowest BCUT2D eigenvalue weighted by Crippen LogP contribution is -2.06. The molecule has 0 aliphatic heterocycles. The lowest BCUT2D eigenvalue weighted by Gasteiger charge is -2.17. The number of nitrogens with two attached hydrogens (primary N) is 1. The van der Waals surface area contributed by atoms with Gasteiger partial charge in [-0.2, -0.15) is 0 Å². The zero-order valence-corrected chi connectivity index (χ0v) is 16.4. The van der Waals surface area contributed by atoms with Crippen LogP contribution in [0.15, 0.2) is 35.7 Å².